The molecule has 1 N–H and O–H groups in total. The minimum Gasteiger partial charge on any atom is -0.381 e. The highest BCUT2D eigenvalue weighted by Crippen LogP contribution is 2.21. The third-order valence-electron chi connectivity index (χ3n) is 3.08. The number of hydrogen-bond acceptors (Lipinski definition) is 3. The molecule has 0 aromatic carbocycles. The first kappa shape index (κ1) is 10.4. The zero-order valence-electron chi connectivity index (χ0n) is 8.86. The van der Waals surface area contributed by atoms with Crippen molar-refractivity contribution < 1.29 is 14.3 Å². The van der Waals surface area contributed by atoms with Crippen LogP contribution < -0.4 is 5.32 Å². The summed E-state index contributed by atoms with van der Waals surface area (Å²) in [6, 6.07) is -0.333. The van der Waals surface area contributed by atoms with Gasteiger partial charge in [-0.1, -0.05) is 0 Å². The highest BCUT2D eigenvalue weighted by Gasteiger charge is 2.36. The van der Waals surface area contributed by atoms with Gasteiger partial charge < -0.3 is 15.0 Å². The molecule has 84 valence electrons. The summed E-state index contributed by atoms with van der Waals surface area (Å²) in [4.78, 5) is 24.7. The molecule has 2 amide bonds. The first-order valence-corrected chi connectivity index (χ1v) is 5.30. The van der Waals surface area contributed by atoms with Gasteiger partial charge in [0.05, 0.1) is 6.54 Å². The Labute approximate surface area is 88.8 Å². The van der Waals surface area contributed by atoms with Gasteiger partial charge in [0.25, 0.3) is 0 Å². The number of likely N-dealkylation sites (N-methyl/N-ethyl adjacent to an activating group) is 1. The van der Waals surface area contributed by atoms with Gasteiger partial charge in [0, 0.05) is 20.3 Å². The molecule has 1 atom stereocenters. The van der Waals surface area contributed by atoms with Crippen LogP contribution in [-0.2, 0) is 14.3 Å². The van der Waals surface area contributed by atoms with E-state index in [1.54, 1.807) is 7.05 Å². The second kappa shape index (κ2) is 4.18. The second-order valence-electron chi connectivity index (χ2n) is 4.19. The third-order valence-corrected chi connectivity index (χ3v) is 3.08. The van der Waals surface area contributed by atoms with Crippen molar-refractivity contribution in [2.75, 3.05) is 26.8 Å². The van der Waals surface area contributed by atoms with Gasteiger partial charge in [-0.05, 0) is 18.8 Å². The van der Waals surface area contributed by atoms with E-state index >= 15 is 0 Å². The summed E-state index contributed by atoms with van der Waals surface area (Å²) in [6.45, 7) is 1.56. The average molecular weight is 212 g/mol. The summed E-state index contributed by atoms with van der Waals surface area (Å²) in [5.74, 6) is 0.202. The fraction of sp³-hybridized carbons (Fsp3) is 0.800. The molecule has 2 rings (SSSR count). The lowest BCUT2D eigenvalue weighted by atomic mass is 9.90. The summed E-state index contributed by atoms with van der Waals surface area (Å²) >= 11 is 0. The van der Waals surface area contributed by atoms with E-state index in [0.29, 0.717) is 13.2 Å². The Balaban J connectivity index is 2.05. The van der Waals surface area contributed by atoms with Crippen LogP contribution in [0.2, 0.25) is 0 Å². The van der Waals surface area contributed by atoms with Gasteiger partial charge in [-0.3, -0.25) is 9.59 Å². The van der Waals surface area contributed by atoms with Gasteiger partial charge in [0.1, 0.15) is 6.04 Å². The van der Waals surface area contributed by atoms with Gasteiger partial charge in [0.15, 0.2) is 0 Å². The summed E-state index contributed by atoms with van der Waals surface area (Å²) in [6.07, 6.45) is 1.70. The zero-order valence-corrected chi connectivity index (χ0v) is 8.86. The Kier molecular flexibility index (Phi) is 2.90. The van der Waals surface area contributed by atoms with Gasteiger partial charge in [-0.25, -0.2) is 0 Å². The van der Waals surface area contributed by atoms with Crippen molar-refractivity contribution in [1.29, 1.82) is 0 Å². The smallest absolute Gasteiger partial charge is 0.245 e. The van der Waals surface area contributed by atoms with Crippen molar-refractivity contribution >= 4 is 11.8 Å². The monoisotopic (exact) mass is 212 g/mol. The van der Waals surface area contributed by atoms with Crippen molar-refractivity contribution in [2.45, 2.75) is 18.9 Å². The minimum atomic E-state index is -0.333. The topological polar surface area (TPSA) is 58.6 Å². The second-order valence-corrected chi connectivity index (χ2v) is 4.19. The van der Waals surface area contributed by atoms with Crippen molar-refractivity contribution in [3.8, 4) is 0 Å². The number of nitrogens with one attached hydrogen (secondary N) is 1. The fourth-order valence-corrected chi connectivity index (χ4v) is 2.18. The lowest BCUT2D eigenvalue weighted by Crippen LogP contribution is -2.59. The molecule has 5 nitrogen and oxygen atoms in total. The van der Waals surface area contributed by atoms with Crippen LogP contribution >= 0.6 is 0 Å². The standard InChI is InChI=1S/C10H16N2O3/c1-12-6-8(13)11-9(10(12)14)7-2-4-15-5-3-7/h7,9H,2-6H2,1H3,(H,11,13)/t9-/m0/s1. The van der Waals surface area contributed by atoms with Crippen LogP contribution in [0.1, 0.15) is 12.8 Å². The molecule has 2 heterocycles. The molecule has 0 spiro atoms. The van der Waals surface area contributed by atoms with E-state index in [1.165, 1.54) is 4.90 Å². The van der Waals surface area contributed by atoms with Gasteiger partial charge >= 0.3 is 0 Å². The Morgan fingerprint density at radius 2 is 2.00 bits per heavy atom. The van der Waals surface area contributed by atoms with E-state index in [2.05, 4.69) is 5.32 Å². The van der Waals surface area contributed by atoms with Crippen molar-refractivity contribution in [2.24, 2.45) is 5.92 Å². The molecular weight excluding hydrogens is 196 g/mol. The molecule has 2 saturated heterocycles. The lowest BCUT2D eigenvalue weighted by molar-refractivity contribution is -0.145. The fourth-order valence-electron chi connectivity index (χ4n) is 2.18. The predicted octanol–water partition coefficient (Wildman–Crippen LogP) is -0.630. The molecule has 0 aliphatic carbocycles. The van der Waals surface area contributed by atoms with Crippen LogP contribution in [0, 0.1) is 5.92 Å². The Morgan fingerprint density at radius 3 is 2.67 bits per heavy atom. The molecule has 2 aliphatic heterocycles. The maximum atomic E-state index is 11.8. The normalized spacial score (nSPS) is 29.1. The number of rotatable bonds is 1. The highest BCUT2D eigenvalue weighted by atomic mass is 16.5. The largest absolute Gasteiger partial charge is 0.381 e. The molecule has 0 radical (unpaired) electrons. The summed E-state index contributed by atoms with van der Waals surface area (Å²) < 4.78 is 5.24. The van der Waals surface area contributed by atoms with E-state index in [1.807, 2.05) is 0 Å². The Hall–Kier alpha value is -1.10. The first-order valence-electron chi connectivity index (χ1n) is 5.30. The number of nitrogens with zero attached hydrogens (tertiary/aromatic N) is 1. The zero-order chi connectivity index (χ0) is 10.8. The first-order chi connectivity index (χ1) is 7.18. The summed E-state index contributed by atoms with van der Waals surface area (Å²) in [5.41, 5.74) is 0. The van der Waals surface area contributed by atoms with Crippen molar-refractivity contribution in [3.05, 3.63) is 0 Å². The Morgan fingerprint density at radius 1 is 1.33 bits per heavy atom. The van der Waals surface area contributed by atoms with Gasteiger partial charge in [-0.2, -0.15) is 0 Å². The van der Waals surface area contributed by atoms with Crippen LogP contribution in [0.5, 0.6) is 0 Å². The van der Waals surface area contributed by atoms with E-state index < -0.39 is 0 Å². The molecule has 2 aliphatic rings. The molecule has 0 bridgehead atoms. The number of carbonyl (C=O) groups is 2. The molecular formula is C10H16N2O3. The number of piperazine rings is 1. The summed E-state index contributed by atoms with van der Waals surface area (Å²) in [5, 5.41) is 2.78. The van der Waals surface area contributed by atoms with E-state index in [0.717, 1.165) is 12.8 Å². The molecule has 15 heavy (non-hydrogen) atoms. The van der Waals surface area contributed by atoms with Crippen LogP contribution in [0.4, 0.5) is 0 Å². The van der Waals surface area contributed by atoms with Crippen LogP contribution in [0.25, 0.3) is 0 Å². The molecule has 0 aromatic heterocycles. The van der Waals surface area contributed by atoms with Gasteiger partial charge in [-0.15, -0.1) is 0 Å². The van der Waals surface area contributed by atoms with Crippen LogP contribution in [0.3, 0.4) is 0 Å². The third kappa shape index (κ3) is 2.12. The maximum absolute atomic E-state index is 11.8. The number of carbonyl (C=O) groups excluding carboxylic acids is 2. The average Bonchev–Trinajstić information content (AvgIpc) is 2.24. The molecule has 5 heteroatoms. The SMILES string of the molecule is CN1CC(=O)N[C@@H](C2CCOCC2)C1=O. The van der Waals surface area contributed by atoms with Gasteiger partial charge in [0.2, 0.25) is 11.8 Å². The highest BCUT2D eigenvalue weighted by molar-refractivity contribution is 5.94. The van der Waals surface area contributed by atoms with E-state index in [9.17, 15) is 9.59 Å². The quantitative estimate of drug-likeness (QED) is 0.629. The lowest BCUT2D eigenvalue weighted by Gasteiger charge is -2.36. The minimum absolute atomic E-state index is 0.0292. The Bertz CT molecular complexity index is 274. The molecule has 0 saturated carbocycles. The number of hydrogen-bond donors (Lipinski definition) is 1. The summed E-state index contributed by atoms with van der Waals surface area (Å²) in [7, 11) is 1.67. The number of ether oxygens (including phenoxy) is 1. The van der Waals surface area contributed by atoms with Crippen molar-refractivity contribution in [3.63, 3.8) is 0 Å². The predicted molar refractivity (Wildman–Crippen MR) is 53.1 cm³/mol. The van der Waals surface area contributed by atoms with Crippen LogP contribution in [0.15, 0.2) is 0 Å². The van der Waals surface area contributed by atoms with Crippen molar-refractivity contribution in [1.82, 2.24) is 10.2 Å². The van der Waals surface area contributed by atoms with E-state index in [-0.39, 0.29) is 30.3 Å². The molecule has 2 fully saturated rings. The maximum Gasteiger partial charge on any atom is 0.245 e. The van der Waals surface area contributed by atoms with Crippen LogP contribution in [-0.4, -0.2) is 49.6 Å². The number of amides is 2. The van der Waals surface area contributed by atoms with E-state index in [4.69, 9.17) is 4.74 Å². The molecule has 0 unspecified atom stereocenters. The molecule has 0 aromatic rings.